The number of benzene rings is 1. The molecule has 2 heterocycles. The van der Waals surface area contributed by atoms with Crippen LogP contribution in [0.15, 0.2) is 35.1 Å². The number of nitriles is 1. The zero-order chi connectivity index (χ0) is 14.3. The summed E-state index contributed by atoms with van der Waals surface area (Å²) in [5.74, 6) is 0.373. The molecule has 0 aliphatic heterocycles. The second-order valence-corrected chi connectivity index (χ2v) is 4.62. The predicted octanol–water partition coefficient (Wildman–Crippen LogP) is 1.63. The Hall–Kier alpha value is -2.72. The van der Waals surface area contributed by atoms with Crippen LogP contribution >= 0.6 is 12.2 Å². The lowest BCUT2D eigenvalue weighted by Crippen LogP contribution is -2.24. The molecule has 1 aromatic carbocycles. The van der Waals surface area contributed by atoms with Crippen LogP contribution in [0.2, 0.25) is 0 Å². The summed E-state index contributed by atoms with van der Waals surface area (Å²) in [6.45, 7) is 0. The third-order valence-corrected chi connectivity index (χ3v) is 3.37. The van der Waals surface area contributed by atoms with E-state index in [1.165, 1.54) is 4.57 Å². The zero-order valence-electron chi connectivity index (χ0n) is 10.5. The van der Waals surface area contributed by atoms with Gasteiger partial charge in [0.1, 0.15) is 11.6 Å². The SMILES string of the molecule is Cn1c(=O)c(C#N)c(-c2ccccc2)n2c(=S)[nH]nc12. The van der Waals surface area contributed by atoms with Gasteiger partial charge in [-0.15, -0.1) is 5.10 Å². The Bertz CT molecular complexity index is 959. The third kappa shape index (κ3) is 1.59. The number of aromatic nitrogens is 4. The molecule has 0 bridgehead atoms. The number of hydrogen-bond acceptors (Lipinski definition) is 4. The third-order valence-electron chi connectivity index (χ3n) is 3.09. The zero-order valence-corrected chi connectivity index (χ0v) is 11.3. The molecule has 3 rings (SSSR count). The van der Waals surface area contributed by atoms with E-state index in [9.17, 15) is 10.1 Å². The maximum Gasteiger partial charge on any atom is 0.273 e. The van der Waals surface area contributed by atoms with Gasteiger partial charge in [0.15, 0.2) is 0 Å². The van der Waals surface area contributed by atoms with Gasteiger partial charge in [0, 0.05) is 12.6 Å². The highest BCUT2D eigenvalue weighted by molar-refractivity contribution is 7.71. The summed E-state index contributed by atoms with van der Waals surface area (Å²) in [5.41, 5.74) is 0.853. The number of rotatable bonds is 1. The van der Waals surface area contributed by atoms with E-state index >= 15 is 0 Å². The largest absolute Gasteiger partial charge is 0.279 e. The van der Waals surface area contributed by atoms with Gasteiger partial charge in [-0.05, 0) is 12.2 Å². The van der Waals surface area contributed by atoms with Crippen molar-refractivity contribution >= 4 is 18.0 Å². The van der Waals surface area contributed by atoms with E-state index in [-0.39, 0.29) is 5.56 Å². The highest BCUT2D eigenvalue weighted by atomic mass is 32.1. The average Bonchev–Trinajstić information content (AvgIpc) is 2.85. The van der Waals surface area contributed by atoms with Crippen molar-refractivity contribution < 1.29 is 0 Å². The van der Waals surface area contributed by atoms with Crippen LogP contribution < -0.4 is 5.56 Å². The van der Waals surface area contributed by atoms with E-state index < -0.39 is 5.56 Å². The van der Waals surface area contributed by atoms with Crippen molar-refractivity contribution in [3.8, 4) is 17.3 Å². The van der Waals surface area contributed by atoms with Crippen molar-refractivity contribution in [1.29, 1.82) is 5.26 Å². The minimum atomic E-state index is -0.396. The first-order valence-electron chi connectivity index (χ1n) is 5.80. The molecule has 6 nitrogen and oxygen atoms in total. The van der Waals surface area contributed by atoms with E-state index in [1.54, 1.807) is 11.4 Å². The van der Waals surface area contributed by atoms with Gasteiger partial charge >= 0.3 is 0 Å². The first-order valence-corrected chi connectivity index (χ1v) is 6.21. The Balaban J connectivity index is 2.63. The van der Waals surface area contributed by atoms with E-state index in [0.29, 0.717) is 16.2 Å². The van der Waals surface area contributed by atoms with Gasteiger partial charge in [-0.1, -0.05) is 30.3 Å². The highest BCUT2D eigenvalue weighted by Crippen LogP contribution is 2.22. The summed E-state index contributed by atoms with van der Waals surface area (Å²) >= 11 is 5.21. The summed E-state index contributed by atoms with van der Waals surface area (Å²) in [6.07, 6.45) is 0. The molecule has 98 valence electrons. The molecule has 0 amide bonds. The lowest BCUT2D eigenvalue weighted by atomic mass is 10.1. The van der Waals surface area contributed by atoms with Gasteiger partial charge in [-0.2, -0.15) is 5.26 Å². The van der Waals surface area contributed by atoms with Crippen molar-refractivity contribution in [3.63, 3.8) is 0 Å². The Labute approximate surface area is 118 Å². The van der Waals surface area contributed by atoms with E-state index in [1.807, 2.05) is 36.4 Å². The summed E-state index contributed by atoms with van der Waals surface area (Å²) in [4.78, 5) is 12.3. The topological polar surface area (TPSA) is 78.9 Å². The van der Waals surface area contributed by atoms with E-state index in [2.05, 4.69) is 10.2 Å². The average molecular weight is 283 g/mol. The summed E-state index contributed by atoms with van der Waals surface area (Å²) in [5, 5.41) is 16.0. The molecule has 0 atom stereocenters. The van der Waals surface area contributed by atoms with Crippen LogP contribution in [-0.4, -0.2) is 19.2 Å². The Morgan fingerprint density at radius 1 is 1.35 bits per heavy atom. The minimum Gasteiger partial charge on any atom is -0.279 e. The van der Waals surface area contributed by atoms with Gasteiger partial charge in [0.05, 0.1) is 5.69 Å². The molecule has 20 heavy (non-hydrogen) atoms. The molecule has 0 radical (unpaired) electrons. The van der Waals surface area contributed by atoms with Gasteiger partial charge in [-0.25, -0.2) is 5.10 Å². The van der Waals surface area contributed by atoms with Crippen molar-refractivity contribution in [2.75, 3.05) is 0 Å². The predicted molar refractivity (Wildman–Crippen MR) is 75.8 cm³/mol. The molecule has 0 fully saturated rings. The molecule has 0 aliphatic rings. The van der Waals surface area contributed by atoms with Crippen LogP contribution in [0.5, 0.6) is 0 Å². The first-order chi connectivity index (χ1) is 9.65. The molecular weight excluding hydrogens is 274 g/mol. The van der Waals surface area contributed by atoms with Crippen LogP contribution in [0.3, 0.4) is 0 Å². The maximum atomic E-state index is 12.3. The maximum absolute atomic E-state index is 12.3. The Morgan fingerprint density at radius 2 is 2.05 bits per heavy atom. The van der Waals surface area contributed by atoms with Crippen LogP contribution in [-0.2, 0) is 7.05 Å². The molecule has 0 spiro atoms. The second-order valence-electron chi connectivity index (χ2n) is 4.23. The van der Waals surface area contributed by atoms with Crippen LogP contribution in [0.25, 0.3) is 17.0 Å². The van der Waals surface area contributed by atoms with Crippen LogP contribution in [0, 0.1) is 16.1 Å². The number of nitrogens with zero attached hydrogens (tertiary/aromatic N) is 4. The molecule has 7 heteroatoms. The van der Waals surface area contributed by atoms with Gasteiger partial charge in [0.2, 0.25) is 10.5 Å². The number of fused-ring (bicyclic) bond motifs is 1. The number of aryl methyl sites for hydroxylation is 1. The fraction of sp³-hybridized carbons (Fsp3) is 0.0769. The summed E-state index contributed by atoms with van der Waals surface area (Å²) in [6, 6.07) is 11.2. The second kappa shape index (κ2) is 4.43. The minimum absolute atomic E-state index is 0.0451. The molecule has 0 unspecified atom stereocenters. The van der Waals surface area contributed by atoms with Crippen molar-refractivity contribution in [3.05, 3.63) is 51.0 Å². The van der Waals surface area contributed by atoms with Gasteiger partial charge < -0.3 is 0 Å². The fourth-order valence-electron chi connectivity index (χ4n) is 2.16. The van der Waals surface area contributed by atoms with Crippen molar-refractivity contribution in [2.24, 2.45) is 7.05 Å². The molecule has 3 aromatic rings. The number of nitrogens with one attached hydrogen (secondary N) is 1. The fourth-order valence-corrected chi connectivity index (χ4v) is 2.38. The molecule has 2 aromatic heterocycles. The summed E-state index contributed by atoms with van der Waals surface area (Å²) in [7, 11) is 1.56. The molecule has 0 saturated carbocycles. The van der Waals surface area contributed by atoms with Gasteiger partial charge in [0.25, 0.3) is 5.56 Å². The van der Waals surface area contributed by atoms with Crippen LogP contribution in [0.4, 0.5) is 0 Å². The Kier molecular flexibility index (Phi) is 2.73. The number of aromatic amines is 1. The normalized spacial score (nSPS) is 10.6. The lowest BCUT2D eigenvalue weighted by molar-refractivity contribution is 0.837. The molecular formula is C13H9N5OS. The van der Waals surface area contributed by atoms with Crippen molar-refractivity contribution in [1.82, 2.24) is 19.2 Å². The van der Waals surface area contributed by atoms with Crippen molar-refractivity contribution in [2.45, 2.75) is 0 Å². The monoisotopic (exact) mass is 283 g/mol. The lowest BCUT2D eigenvalue weighted by Gasteiger charge is -2.09. The van der Waals surface area contributed by atoms with E-state index in [4.69, 9.17) is 12.2 Å². The molecule has 1 N–H and O–H groups in total. The quantitative estimate of drug-likeness (QED) is 0.688. The summed E-state index contributed by atoms with van der Waals surface area (Å²) < 4.78 is 3.24. The molecule has 0 aliphatic carbocycles. The highest BCUT2D eigenvalue weighted by Gasteiger charge is 2.18. The van der Waals surface area contributed by atoms with Crippen LogP contribution in [0.1, 0.15) is 5.56 Å². The van der Waals surface area contributed by atoms with Gasteiger partial charge in [-0.3, -0.25) is 13.8 Å². The number of H-pyrrole nitrogens is 1. The molecule has 0 saturated heterocycles. The van der Waals surface area contributed by atoms with E-state index in [0.717, 1.165) is 5.56 Å². The number of hydrogen-bond donors (Lipinski definition) is 1. The first kappa shape index (κ1) is 12.3. The Morgan fingerprint density at radius 3 is 2.70 bits per heavy atom. The standard InChI is InChI=1S/C13H9N5OS/c1-17-11(19)9(7-14)10(8-5-3-2-4-6-8)18-12(17)15-16-13(18)20/h2-6H,1H3,(H,16,20). The smallest absolute Gasteiger partial charge is 0.273 e.